The number of hydrogen-bond donors (Lipinski definition) is 1. The highest BCUT2D eigenvalue weighted by Crippen LogP contribution is 2.25. The number of carbonyl (C=O) groups excluding carboxylic acids is 2. The van der Waals surface area contributed by atoms with Gasteiger partial charge in [-0.15, -0.1) is 0 Å². The topological polar surface area (TPSA) is 61.9 Å². The summed E-state index contributed by atoms with van der Waals surface area (Å²) in [6, 6.07) is 15.4. The van der Waals surface area contributed by atoms with Crippen LogP contribution in [0.4, 0.5) is 11.4 Å². The van der Waals surface area contributed by atoms with E-state index in [4.69, 9.17) is 4.74 Å². The minimum Gasteiger partial charge on any atom is -0.497 e. The van der Waals surface area contributed by atoms with Crippen LogP contribution in [-0.4, -0.2) is 50.0 Å². The van der Waals surface area contributed by atoms with E-state index in [1.54, 1.807) is 7.11 Å². The third-order valence-corrected chi connectivity index (χ3v) is 6.57. The van der Waals surface area contributed by atoms with Crippen LogP contribution >= 0.6 is 0 Å². The van der Waals surface area contributed by atoms with E-state index in [2.05, 4.69) is 22.3 Å². The summed E-state index contributed by atoms with van der Waals surface area (Å²) in [5, 5.41) is 3.03. The minimum absolute atomic E-state index is 0.0235. The molecule has 1 aliphatic carbocycles. The Labute approximate surface area is 190 Å². The molecule has 2 amide bonds. The van der Waals surface area contributed by atoms with Gasteiger partial charge in [0.15, 0.2) is 0 Å². The maximum absolute atomic E-state index is 13.2. The fraction of sp³-hybridized carbons (Fsp3) is 0.462. The van der Waals surface area contributed by atoms with Crippen molar-refractivity contribution >= 4 is 23.2 Å². The molecule has 2 aliphatic rings. The second-order valence-electron chi connectivity index (χ2n) is 8.74. The standard InChI is InChI=1S/C26H33N3O3/c1-32-24-13-11-23(12-14-24)28-15-6-16-29(18-17-28)26(31)21-9-5-10-22(19-21)27-25(30)20-7-3-2-4-8-20/h5,9-14,19-20H,2-4,6-8,15-18H2,1H3,(H,27,30). The number of amides is 2. The largest absolute Gasteiger partial charge is 0.497 e. The molecule has 1 heterocycles. The number of hydrogen-bond acceptors (Lipinski definition) is 4. The number of methoxy groups -OCH3 is 1. The van der Waals surface area contributed by atoms with E-state index in [0.29, 0.717) is 17.8 Å². The van der Waals surface area contributed by atoms with E-state index >= 15 is 0 Å². The Balaban J connectivity index is 1.37. The molecule has 1 N–H and O–H groups in total. The number of nitrogens with zero attached hydrogens (tertiary/aromatic N) is 2. The van der Waals surface area contributed by atoms with Crippen molar-refractivity contribution in [3.05, 3.63) is 54.1 Å². The number of ether oxygens (including phenoxy) is 1. The maximum atomic E-state index is 13.2. The summed E-state index contributed by atoms with van der Waals surface area (Å²) in [6.45, 7) is 3.09. The molecule has 6 heteroatoms. The van der Waals surface area contributed by atoms with Crippen molar-refractivity contribution in [1.29, 1.82) is 0 Å². The van der Waals surface area contributed by atoms with Crippen LogP contribution < -0.4 is 15.0 Å². The van der Waals surface area contributed by atoms with Crippen molar-refractivity contribution in [3.8, 4) is 5.75 Å². The summed E-state index contributed by atoms with van der Waals surface area (Å²) < 4.78 is 5.25. The predicted molar refractivity (Wildman–Crippen MR) is 127 cm³/mol. The summed E-state index contributed by atoms with van der Waals surface area (Å²) in [6.07, 6.45) is 6.31. The highest BCUT2D eigenvalue weighted by atomic mass is 16.5. The molecule has 6 nitrogen and oxygen atoms in total. The van der Waals surface area contributed by atoms with Gasteiger partial charge < -0.3 is 19.9 Å². The summed E-state index contributed by atoms with van der Waals surface area (Å²) >= 11 is 0. The first kappa shape index (κ1) is 22.2. The van der Waals surface area contributed by atoms with Crippen LogP contribution in [0.5, 0.6) is 5.75 Å². The van der Waals surface area contributed by atoms with Crippen molar-refractivity contribution in [2.24, 2.45) is 5.92 Å². The van der Waals surface area contributed by atoms with Crippen LogP contribution in [0.3, 0.4) is 0 Å². The Morgan fingerprint density at radius 2 is 1.69 bits per heavy atom. The van der Waals surface area contributed by atoms with E-state index in [0.717, 1.165) is 63.2 Å². The highest BCUT2D eigenvalue weighted by molar-refractivity contribution is 5.97. The molecule has 4 rings (SSSR count). The number of carbonyl (C=O) groups is 2. The van der Waals surface area contributed by atoms with Crippen molar-refractivity contribution in [2.75, 3.05) is 43.5 Å². The Bertz CT molecular complexity index is 922. The van der Waals surface area contributed by atoms with Crippen LogP contribution in [0.15, 0.2) is 48.5 Å². The average molecular weight is 436 g/mol. The highest BCUT2D eigenvalue weighted by Gasteiger charge is 2.23. The first-order valence-corrected chi connectivity index (χ1v) is 11.7. The number of rotatable bonds is 5. The number of anilines is 2. The predicted octanol–water partition coefficient (Wildman–Crippen LogP) is 4.57. The molecule has 32 heavy (non-hydrogen) atoms. The van der Waals surface area contributed by atoms with Crippen LogP contribution in [0.1, 0.15) is 48.9 Å². The fourth-order valence-electron chi connectivity index (χ4n) is 4.69. The third kappa shape index (κ3) is 5.42. The van der Waals surface area contributed by atoms with Crippen LogP contribution in [0.25, 0.3) is 0 Å². The molecule has 170 valence electrons. The van der Waals surface area contributed by atoms with Crippen molar-refractivity contribution in [2.45, 2.75) is 38.5 Å². The molecular formula is C26H33N3O3. The maximum Gasteiger partial charge on any atom is 0.253 e. The van der Waals surface area contributed by atoms with Crippen molar-refractivity contribution < 1.29 is 14.3 Å². The zero-order chi connectivity index (χ0) is 22.3. The summed E-state index contributed by atoms with van der Waals surface area (Å²) in [5.74, 6) is 1.04. The molecule has 1 saturated carbocycles. The lowest BCUT2D eigenvalue weighted by molar-refractivity contribution is -0.120. The normalized spacial score (nSPS) is 17.5. The lowest BCUT2D eigenvalue weighted by Gasteiger charge is -2.24. The summed E-state index contributed by atoms with van der Waals surface area (Å²) in [5.41, 5.74) is 2.48. The summed E-state index contributed by atoms with van der Waals surface area (Å²) in [4.78, 5) is 30.0. The van der Waals surface area contributed by atoms with Gasteiger partial charge >= 0.3 is 0 Å². The van der Waals surface area contributed by atoms with Gasteiger partial charge in [-0.3, -0.25) is 9.59 Å². The van der Waals surface area contributed by atoms with Gasteiger partial charge in [0.25, 0.3) is 5.91 Å². The van der Waals surface area contributed by atoms with Gasteiger partial charge in [0, 0.05) is 49.0 Å². The van der Waals surface area contributed by atoms with Crippen molar-refractivity contribution in [1.82, 2.24) is 4.90 Å². The zero-order valence-electron chi connectivity index (χ0n) is 18.9. The molecule has 0 unspecified atom stereocenters. The molecule has 0 atom stereocenters. The Morgan fingerprint density at radius 1 is 0.906 bits per heavy atom. The lowest BCUT2D eigenvalue weighted by Crippen LogP contribution is -2.35. The van der Waals surface area contributed by atoms with Gasteiger partial charge in [-0.2, -0.15) is 0 Å². The minimum atomic E-state index is 0.0235. The van der Waals surface area contributed by atoms with E-state index in [1.165, 1.54) is 6.42 Å². The number of nitrogens with one attached hydrogen (secondary N) is 1. The molecule has 2 fully saturated rings. The molecule has 0 spiro atoms. The third-order valence-electron chi connectivity index (χ3n) is 6.57. The molecule has 0 bridgehead atoms. The Morgan fingerprint density at radius 3 is 2.44 bits per heavy atom. The lowest BCUT2D eigenvalue weighted by atomic mass is 9.88. The second kappa shape index (κ2) is 10.5. The first-order chi connectivity index (χ1) is 15.6. The van der Waals surface area contributed by atoms with Crippen LogP contribution in [0, 0.1) is 5.92 Å². The van der Waals surface area contributed by atoms with Gasteiger partial charge in [-0.25, -0.2) is 0 Å². The Kier molecular flexibility index (Phi) is 7.30. The monoisotopic (exact) mass is 435 g/mol. The van der Waals surface area contributed by atoms with E-state index in [1.807, 2.05) is 41.3 Å². The molecular weight excluding hydrogens is 402 g/mol. The van der Waals surface area contributed by atoms with Gasteiger partial charge in [0.2, 0.25) is 5.91 Å². The fourth-order valence-corrected chi connectivity index (χ4v) is 4.69. The van der Waals surface area contributed by atoms with E-state index in [9.17, 15) is 9.59 Å². The smallest absolute Gasteiger partial charge is 0.253 e. The quantitative estimate of drug-likeness (QED) is 0.748. The van der Waals surface area contributed by atoms with E-state index < -0.39 is 0 Å². The van der Waals surface area contributed by atoms with Gasteiger partial charge in [-0.1, -0.05) is 25.3 Å². The SMILES string of the molecule is COc1ccc(N2CCCN(C(=O)c3cccc(NC(=O)C4CCCCC4)c3)CC2)cc1. The van der Waals surface area contributed by atoms with Gasteiger partial charge in [0.1, 0.15) is 5.75 Å². The van der Waals surface area contributed by atoms with E-state index in [-0.39, 0.29) is 17.7 Å². The molecule has 2 aromatic carbocycles. The average Bonchev–Trinajstić information content (AvgIpc) is 3.11. The van der Waals surface area contributed by atoms with Crippen LogP contribution in [-0.2, 0) is 4.79 Å². The molecule has 0 aromatic heterocycles. The molecule has 1 saturated heterocycles. The van der Waals surface area contributed by atoms with Crippen LogP contribution in [0.2, 0.25) is 0 Å². The first-order valence-electron chi connectivity index (χ1n) is 11.7. The second-order valence-corrected chi connectivity index (χ2v) is 8.74. The van der Waals surface area contributed by atoms with Gasteiger partial charge in [-0.05, 0) is 61.7 Å². The molecule has 1 aliphatic heterocycles. The van der Waals surface area contributed by atoms with Crippen molar-refractivity contribution in [3.63, 3.8) is 0 Å². The summed E-state index contributed by atoms with van der Waals surface area (Å²) in [7, 11) is 1.67. The number of benzene rings is 2. The Hall–Kier alpha value is -3.02. The zero-order valence-corrected chi connectivity index (χ0v) is 18.9. The van der Waals surface area contributed by atoms with Gasteiger partial charge in [0.05, 0.1) is 7.11 Å². The molecule has 0 radical (unpaired) electrons. The molecule has 2 aromatic rings.